The monoisotopic (exact) mass is 473 g/mol. The van der Waals surface area contributed by atoms with Crippen LogP contribution in [-0.4, -0.2) is 64.5 Å². The number of carbonyl (C=O) groups excluding carboxylic acids is 1. The van der Waals surface area contributed by atoms with Crippen LogP contribution >= 0.6 is 11.6 Å². The predicted octanol–water partition coefficient (Wildman–Crippen LogP) is 2.99. The van der Waals surface area contributed by atoms with Gasteiger partial charge in [-0.25, -0.2) is 18.1 Å². The van der Waals surface area contributed by atoms with E-state index in [1.807, 2.05) is 19.1 Å². The molecule has 0 aliphatic carbocycles. The summed E-state index contributed by atoms with van der Waals surface area (Å²) in [5.41, 5.74) is 2.35. The highest BCUT2D eigenvalue weighted by molar-refractivity contribution is 7.89. The molecule has 1 aliphatic rings. The molecular weight excluding hydrogens is 450 g/mol. The molecule has 1 amide bonds. The third-order valence-electron chi connectivity index (χ3n) is 5.52. The minimum absolute atomic E-state index is 0.0864. The molecule has 1 fully saturated rings. The van der Waals surface area contributed by atoms with Gasteiger partial charge < -0.3 is 4.90 Å². The van der Waals surface area contributed by atoms with Crippen LogP contribution in [0, 0.1) is 20.8 Å². The second kappa shape index (κ2) is 8.65. The first-order chi connectivity index (χ1) is 15.2. The predicted molar refractivity (Wildman–Crippen MR) is 122 cm³/mol. The Bertz CT molecular complexity index is 1260. The van der Waals surface area contributed by atoms with Gasteiger partial charge in [0.05, 0.1) is 10.6 Å². The van der Waals surface area contributed by atoms with Crippen molar-refractivity contribution in [2.45, 2.75) is 25.7 Å². The maximum atomic E-state index is 13.1. The summed E-state index contributed by atoms with van der Waals surface area (Å²) in [5.74, 6) is 0.347. The molecule has 2 heterocycles. The summed E-state index contributed by atoms with van der Waals surface area (Å²) in [5, 5.41) is 4.97. The van der Waals surface area contributed by atoms with Gasteiger partial charge in [0.2, 0.25) is 15.8 Å². The van der Waals surface area contributed by atoms with Crippen molar-refractivity contribution in [3.8, 4) is 5.69 Å². The molecule has 2 aromatic carbocycles. The average Bonchev–Trinajstić information content (AvgIpc) is 3.17. The molecule has 0 bridgehead atoms. The van der Waals surface area contributed by atoms with E-state index in [-0.39, 0.29) is 37.9 Å². The molecule has 1 aromatic heterocycles. The van der Waals surface area contributed by atoms with E-state index in [1.165, 1.54) is 4.31 Å². The summed E-state index contributed by atoms with van der Waals surface area (Å²) in [4.78, 5) is 19.2. The van der Waals surface area contributed by atoms with Gasteiger partial charge in [-0.05, 0) is 62.2 Å². The van der Waals surface area contributed by atoms with Crippen LogP contribution in [0.25, 0.3) is 5.69 Å². The van der Waals surface area contributed by atoms with Crippen molar-refractivity contribution < 1.29 is 13.2 Å². The average molecular weight is 474 g/mol. The first-order valence-electron chi connectivity index (χ1n) is 10.2. The lowest BCUT2D eigenvalue weighted by Gasteiger charge is -2.33. The Kier molecular flexibility index (Phi) is 6.07. The fourth-order valence-electron chi connectivity index (χ4n) is 3.70. The highest BCUT2D eigenvalue weighted by atomic mass is 35.5. The number of amides is 1. The van der Waals surface area contributed by atoms with Crippen molar-refractivity contribution in [3.63, 3.8) is 0 Å². The fraction of sp³-hybridized carbons (Fsp3) is 0.318. The van der Waals surface area contributed by atoms with Crippen LogP contribution < -0.4 is 0 Å². The Hall–Kier alpha value is -2.75. The quantitative estimate of drug-likeness (QED) is 0.581. The minimum atomic E-state index is -3.62. The summed E-state index contributed by atoms with van der Waals surface area (Å²) in [6, 6.07) is 12.5. The summed E-state index contributed by atoms with van der Waals surface area (Å²) < 4.78 is 29.3. The van der Waals surface area contributed by atoms with E-state index in [0.29, 0.717) is 21.3 Å². The maximum Gasteiger partial charge on any atom is 0.293 e. The largest absolute Gasteiger partial charge is 0.333 e. The zero-order chi connectivity index (χ0) is 23.0. The molecule has 0 unspecified atom stereocenters. The van der Waals surface area contributed by atoms with Gasteiger partial charge in [0.25, 0.3) is 5.91 Å². The van der Waals surface area contributed by atoms with Gasteiger partial charge in [0.15, 0.2) is 0 Å². The van der Waals surface area contributed by atoms with Gasteiger partial charge >= 0.3 is 0 Å². The second-order valence-corrected chi connectivity index (χ2v) is 10.2. The highest BCUT2D eigenvalue weighted by Gasteiger charge is 2.32. The molecule has 10 heteroatoms. The van der Waals surface area contributed by atoms with Crippen LogP contribution in [-0.2, 0) is 10.0 Å². The molecule has 8 nitrogen and oxygen atoms in total. The van der Waals surface area contributed by atoms with E-state index < -0.39 is 10.0 Å². The molecule has 0 spiro atoms. The first kappa shape index (κ1) is 22.4. The van der Waals surface area contributed by atoms with Crippen molar-refractivity contribution in [2.24, 2.45) is 0 Å². The first-order valence-corrected chi connectivity index (χ1v) is 12.0. The Morgan fingerprint density at radius 1 is 0.969 bits per heavy atom. The van der Waals surface area contributed by atoms with Gasteiger partial charge in [-0.3, -0.25) is 4.79 Å². The zero-order valence-corrected chi connectivity index (χ0v) is 19.7. The van der Waals surface area contributed by atoms with E-state index in [4.69, 9.17) is 11.6 Å². The van der Waals surface area contributed by atoms with Crippen LogP contribution in [0.3, 0.4) is 0 Å². The number of aromatic nitrogens is 3. The summed E-state index contributed by atoms with van der Waals surface area (Å²) in [6.45, 7) is 6.42. The number of benzene rings is 2. The molecule has 0 N–H and O–H groups in total. The van der Waals surface area contributed by atoms with E-state index in [2.05, 4.69) is 10.1 Å². The lowest BCUT2D eigenvalue weighted by Crippen LogP contribution is -2.50. The maximum absolute atomic E-state index is 13.1. The third-order valence-corrected chi connectivity index (χ3v) is 7.81. The SMILES string of the molecule is Cc1ccc(C)c(S(=O)(=O)N2CCN(C(=O)c3nc(C)n(-c4ccc(Cl)cc4)n3)CC2)c1. The van der Waals surface area contributed by atoms with Gasteiger partial charge in [-0.1, -0.05) is 23.7 Å². The van der Waals surface area contributed by atoms with Gasteiger partial charge in [0.1, 0.15) is 5.82 Å². The van der Waals surface area contributed by atoms with E-state index in [0.717, 1.165) is 11.3 Å². The summed E-state index contributed by atoms with van der Waals surface area (Å²) in [6.07, 6.45) is 0. The number of hydrogen-bond acceptors (Lipinski definition) is 5. The Morgan fingerprint density at radius 3 is 2.28 bits per heavy atom. The van der Waals surface area contributed by atoms with Crippen molar-refractivity contribution in [1.29, 1.82) is 0 Å². The molecule has 168 valence electrons. The number of rotatable bonds is 4. The molecule has 1 saturated heterocycles. The molecule has 1 aliphatic heterocycles. The number of hydrogen-bond donors (Lipinski definition) is 0. The third kappa shape index (κ3) is 4.28. The standard InChI is InChI=1S/C22H24ClN5O3S/c1-15-4-5-16(2)20(14-15)32(30,31)27-12-10-26(11-13-27)22(29)21-24-17(3)28(25-21)19-8-6-18(23)7-9-19/h4-9,14H,10-13H2,1-3H3. The molecule has 3 aromatic rings. The summed E-state index contributed by atoms with van der Waals surface area (Å²) in [7, 11) is -3.62. The number of nitrogens with zero attached hydrogens (tertiary/aromatic N) is 5. The van der Waals surface area contributed by atoms with Crippen molar-refractivity contribution in [1.82, 2.24) is 24.0 Å². The van der Waals surface area contributed by atoms with Crippen LogP contribution in [0.15, 0.2) is 47.4 Å². The van der Waals surface area contributed by atoms with E-state index >= 15 is 0 Å². The smallest absolute Gasteiger partial charge is 0.293 e. The Labute approximate surface area is 192 Å². The second-order valence-electron chi connectivity index (χ2n) is 7.84. The van der Waals surface area contributed by atoms with E-state index in [9.17, 15) is 13.2 Å². The highest BCUT2D eigenvalue weighted by Crippen LogP contribution is 2.23. The van der Waals surface area contributed by atoms with Crippen LogP contribution in [0.2, 0.25) is 5.02 Å². The molecule has 0 radical (unpaired) electrons. The lowest BCUT2D eigenvalue weighted by molar-refractivity contribution is 0.0685. The van der Waals surface area contributed by atoms with Crippen LogP contribution in [0.5, 0.6) is 0 Å². The van der Waals surface area contributed by atoms with E-state index in [1.54, 1.807) is 53.8 Å². The van der Waals surface area contributed by atoms with Gasteiger partial charge in [-0.2, -0.15) is 4.31 Å². The number of carbonyl (C=O) groups is 1. The number of halogens is 1. The molecular formula is C22H24ClN5O3S. The number of sulfonamides is 1. The Balaban J connectivity index is 1.48. The van der Waals surface area contributed by atoms with Gasteiger partial charge in [0, 0.05) is 31.2 Å². The van der Waals surface area contributed by atoms with Gasteiger partial charge in [-0.15, -0.1) is 5.10 Å². The van der Waals surface area contributed by atoms with Crippen molar-refractivity contribution >= 4 is 27.5 Å². The topological polar surface area (TPSA) is 88.4 Å². The van der Waals surface area contributed by atoms with Crippen LogP contribution in [0.4, 0.5) is 0 Å². The number of aryl methyl sites for hydroxylation is 3. The fourth-order valence-corrected chi connectivity index (χ4v) is 5.56. The number of piperazine rings is 1. The van der Waals surface area contributed by atoms with Crippen LogP contribution in [0.1, 0.15) is 27.6 Å². The van der Waals surface area contributed by atoms with Crippen molar-refractivity contribution in [2.75, 3.05) is 26.2 Å². The molecule has 0 saturated carbocycles. The Morgan fingerprint density at radius 2 is 1.62 bits per heavy atom. The van der Waals surface area contributed by atoms with Crippen molar-refractivity contribution in [3.05, 3.63) is 70.3 Å². The molecule has 0 atom stereocenters. The lowest BCUT2D eigenvalue weighted by atomic mass is 10.2. The molecule has 4 rings (SSSR count). The molecule has 32 heavy (non-hydrogen) atoms. The minimum Gasteiger partial charge on any atom is -0.333 e. The zero-order valence-electron chi connectivity index (χ0n) is 18.1. The summed E-state index contributed by atoms with van der Waals surface area (Å²) >= 11 is 5.94. The normalized spacial score (nSPS) is 15.2.